The normalized spacial score (nSPS) is 13.7. The van der Waals surface area contributed by atoms with Crippen molar-refractivity contribution in [2.45, 2.75) is 20.1 Å². The summed E-state index contributed by atoms with van der Waals surface area (Å²) in [5, 5.41) is 5.42. The first-order chi connectivity index (χ1) is 14.5. The first kappa shape index (κ1) is 21.5. The summed E-state index contributed by atoms with van der Waals surface area (Å²) >= 11 is 0. The molecule has 1 fully saturated rings. The average molecular weight is 415 g/mol. The van der Waals surface area contributed by atoms with Crippen LogP contribution in [0.4, 0.5) is 17.3 Å². The van der Waals surface area contributed by atoms with Crippen molar-refractivity contribution in [3.63, 3.8) is 0 Å². The third-order valence-electron chi connectivity index (χ3n) is 4.42. The predicted molar refractivity (Wildman–Crippen MR) is 112 cm³/mol. The molecule has 0 atom stereocenters. The lowest BCUT2D eigenvalue weighted by atomic mass is 10.2. The number of amides is 2. The molecule has 2 heterocycles. The highest BCUT2D eigenvalue weighted by atomic mass is 16.5. The second kappa shape index (κ2) is 9.99. The molecule has 0 aliphatic carbocycles. The van der Waals surface area contributed by atoms with Crippen LogP contribution in [0.5, 0.6) is 0 Å². The second-order valence-electron chi connectivity index (χ2n) is 6.81. The van der Waals surface area contributed by atoms with Crippen molar-refractivity contribution in [1.29, 1.82) is 0 Å². The van der Waals surface area contributed by atoms with Gasteiger partial charge in [0.1, 0.15) is 6.54 Å². The van der Waals surface area contributed by atoms with E-state index >= 15 is 0 Å². The van der Waals surface area contributed by atoms with Crippen LogP contribution in [0.25, 0.3) is 0 Å². The van der Waals surface area contributed by atoms with E-state index in [-0.39, 0.29) is 30.5 Å². The van der Waals surface area contributed by atoms with Gasteiger partial charge in [0, 0.05) is 44.6 Å². The summed E-state index contributed by atoms with van der Waals surface area (Å²) in [4.78, 5) is 42.9. The molecule has 0 unspecified atom stereocenters. The fourth-order valence-electron chi connectivity index (χ4n) is 3.10. The van der Waals surface area contributed by atoms with E-state index < -0.39 is 0 Å². The molecule has 0 radical (unpaired) electrons. The molecule has 3 rings (SSSR count). The number of hydrogen-bond acceptors (Lipinski definition) is 7. The van der Waals surface area contributed by atoms with Crippen LogP contribution in [0.15, 0.2) is 35.1 Å². The number of rotatable bonds is 7. The number of methoxy groups -OCH3 is 1. The van der Waals surface area contributed by atoms with Crippen LogP contribution in [-0.4, -0.2) is 54.8 Å². The highest BCUT2D eigenvalue weighted by Crippen LogP contribution is 2.15. The first-order valence-corrected chi connectivity index (χ1v) is 9.56. The summed E-state index contributed by atoms with van der Waals surface area (Å²) in [6.45, 7) is 3.66. The van der Waals surface area contributed by atoms with Crippen LogP contribution < -0.4 is 21.1 Å². The number of carbonyl (C=O) groups is 2. The van der Waals surface area contributed by atoms with E-state index in [0.29, 0.717) is 49.3 Å². The largest absolute Gasteiger partial charge is 0.378 e. The smallest absolute Gasteiger partial charge is 0.255 e. The number of nitrogens with zero attached hydrogens (tertiary/aromatic N) is 3. The number of aromatic nitrogens is 2. The maximum absolute atomic E-state index is 12.7. The molecule has 2 N–H and O–H groups in total. The zero-order valence-corrected chi connectivity index (χ0v) is 17.0. The van der Waals surface area contributed by atoms with E-state index in [1.165, 1.54) is 24.7 Å². The van der Waals surface area contributed by atoms with Gasteiger partial charge in [0.15, 0.2) is 0 Å². The van der Waals surface area contributed by atoms with Crippen molar-refractivity contribution in [2.75, 3.05) is 48.9 Å². The lowest BCUT2D eigenvalue weighted by molar-refractivity contribution is -0.117. The zero-order chi connectivity index (χ0) is 21.5. The van der Waals surface area contributed by atoms with Crippen molar-refractivity contribution < 1.29 is 19.1 Å². The molecule has 10 heteroatoms. The van der Waals surface area contributed by atoms with Gasteiger partial charge in [-0.2, -0.15) is 0 Å². The molecule has 30 heavy (non-hydrogen) atoms. The van der Waals surface area contributed by atoms with Crippen molar-refractivity contribution in [1.82, 2.24) is 9.55 Å². The number of carbonyl (C=O) groups excluding carboxylic acids is 2. The Kier molecular flexibility index (Phi) is 7.15. The van der Waals surface area contributed by atoms with E-state index in [4.69, 9.17) is 9.47 Å². The Bertz CT molecular complexity index is 951. The number of anilines is 3. The molecule has 160 valence electrons. The Labute approximate surface area is 173 Å². The molecule has 0 saturated carbocycles. The monoisotopic (exact) mass is 415 g/mol. The Balaban J connectivity index is 1.78. The zero-order valence-electron chi connectivity index (χ0n) is 17.0. The van der Waals surface area contributed by atoms with E-state index in [9.17, 15) is 14.4 Å². The SMILES string of the molecule is COCc1cc(=O)n(CC(=O)Nc2ccc(NC(C)=O)cc2)c(N2CCOCC2)n1. The van der Waals surface area contributed by atoms with Gasteiger partial charge in [-0.15, -0.1) is 0 Å². The molecule has 2 amide bonds. The first-order valence-electron chi connectivity index (χ1n) is 9.56. The number of nitrogens with one attached hydrogen (secondary N) is 2. The van der Waals surface area contributed by atoms with Crippen LogP contribution in [0, 0.1) is 0 Å². The van der Waals surface area contributed by atoms with Crippen molar-refractivity contribution in [3.8, 4) is 0 Å². The Morgan fingerprint density at radius 3 is 2.37 bits per heavy atom. The van der Waals surface area contributed by atoms with E-state index in [0.717, 1.165) is 0 Å². The Hall–Kier alpha value is -3.24. The molecule has 2 aromatic rings. The molecule has 1 saturated heterocycles. The number of benzene rings is 1. The van der Waals surface area contributed by atoms with E-state index in [1.807, 2.05) is 4.90 Å². The minimum atomic E-state index is -0.361. The quantitative estimate of drug-likeness (QED) is 0.688. The predicted octanol–water partition coefficient (Wildman–Crippen LogP) is 0.823. The van der Waals surface area contributed by atoms with Gasteiger partial charge in [0.2, 0.25) is 17.8 Å². The van der Waals surface area contributed by atoms with Gasteiger partial charge in [-0.25, -0.2) is 4.98 Å². The fraction of sp³-hybridized carbons (Fsp3) is 0.400. The van der Waals surface area contributed by atoms with Crippen LogP contribution in [-0.2, 0) is 32.2 Å². The van der Waals surface area contributed by atoms with Gasteiger partial charge in [0.25, 0.3) is 5.56 Å². The van der Waals surface area contributed by atoms with Gasteiger partial charge in [-0.3, -0.25) is 19.0 Å². The number of hydrogen-bond donors (Lipinski definition) is 2. The van der Waals surface area contributed by atoms with E-state index in [1.54, 1.807) is 24.3 Å². The van der Waals surface area contributed by atoms with Crippen LogP contribution in [0.3, 0.4) is 0 Å². The van der Waals surface area contributed by atoms with Crippen molar-refractivity contribution >= 4 is 29.1 Å². The van der Waals surface area contributed by atoms with Crippen LogP contribution >= 0.6 is 0 Å². The topological polar surface area (TPSA) is 115 Å². The van der Waals surface area contributed by atoms with Gasteiger partial charge in [-0.1, -0.05) is 0 Å². The minimum absolute atomic E-state index is 0.175. The number of morpholine rings is 1. The molecular weight excluding hydrogens is 390 g/mol. The van der Waals surface area contributed by atoms with Crippen LogP contribution in [0.2, 0.25) is 0 Å². The molecule has 1 aromatic carbocycles. The summed E-state index contributed by atoms with van der Waals surface area (Å²) in [5.41, 5.74) is 1.37. The maximum Gasteiger partial charge on any atom is 0.255 e. The standard InChI is InChI=1S/C20H25N5O5/c1-14(26)21-15-3-5-16(6-4-15)22-18(27)12-25-19(28)11-17(13-29-2)23-20(25)24-7-9-30-10-8-24/h3-6,11H,7-10,12-13H2,1-2H3,(H,21,26)(H,22,27). The molecule has 0 bridgehead atoms. The highest BCUT2D eigenvalue weighted by Gasteiger charge is 2.20. The third-order valence-corrected chi connectivity index (χ3v) is 4.42. The summed E-state index contributed by atoms with van der Waals surface area (Å²) in [7, 11) is 1.53. The fourth-order valence-corrected chi connectivity index (χ4v) is 3.10. The van der Waals surface area contributed by atoms with Gasteiger partial charge >= 0.3 is 0 Å². The van der Waals surface area contributed by atoms with Gasteiger partial charge in [0.05, 0.1) is 25.5 Å². The summed E-state index contributed by atoms with van der Waals surface area (Å²) < 4.78 is 11.8. The lowest BCUT2D eigenvalue weighted by Gasteiger charge is -2.29. The molecular formula is C20H25N5O5. The number of ether oxygens (including phenoxy) is 2. The molecule has 1 aromatic heterocycles. The van der Waals surface area contributed by atoms with Gasteiger partial charge < -0.3 is 25.0 Å². The summed E-state index contributed by atoms with van der Waals surface area (Å²) in [6, 6.07) is 8.10. The maximum atomic E-state index is 12.7. The van der Waals surface area contributed by atoms with E-state index in [2.05, 4.69) is 15.6 Å². The third kappa shape index (κ3) is 5.65. The molecule has 10 nitrogen and oxygen atoms in total. The Morgan fingerprint density at radius 2 is 1.77 bits per heavy atom. The van der Waals surface area contributed by atoms with Gasteiger partial charge in [-0.05, 0) is 24.3 Å². The molecule has 1 aliphatic heterocycles. The minimum Gasteiger partial charge on any atom is -0.378 e. The lowest BCUT2D eigenvalue weighted by Crippen LogP contribution is -2.42. The summed E-state index contributed by atoms with van der Waals surface area (Å²) in [5.74, 6) is -0.111. The molecule has 0 spiro atoms. The summed E-state index contributed by atoms with van der Waals surface area (Å²) in [6.07, 6.45) is 0. The second-order valence-corrected chi connectivity index (χ2v) is 6.81. The average Bonchev–Trinajstić information content (AvgIpc) is 2.72. The highest BCUT2D eigenvalue weighted by molar-refractivity contribution is 5.92. The Morgan fingerprint density at radius 1 is 1.13 bits per heavy atom. The van der Waals surface area contributed by atoms with Crippen LogP contribution in [0.1, 0.15) is 12.6 Å². The molecule has 1 aliphatic rings. The van der Waals surface area contributed by atoms with Crippen molar-refractivity contribution in [2.24, 2.45) is 0 Å². The van der Waals surface area contributed by atoms with Crippen molar-refractivity contribution in [3.05, 3.63) is 46.4 Å².